The number of nitrogens with one attached hydrogen (secondary N) is 1. The number of ether oxygens (including phenoxy) is 2. The van der Waals surface area contributed by atoms with Crippen molar-refractivity contribution in [2.24, 2.45) is 5.73 Å². The lowest BCUT2D eigenvalue weighted by atomic mass is 10.2. The van der Waals surface area contributed by atoms with Crippen molar-refractivity contribution in [3.05, 3.63) is 29.8 Å². The van der Waals surface area contributed by atoms with Gasteiger partial charge in [-0.3, -0.25) is 9.59 Å². The molecule has 0 aromatic heterocycles. The van der Waals surface area contributed by atoms with E-state index in [9.17, 15) is 14.7 Å². The molecule has 0 aliphatic heterocycles. The first-order chi connectivity index (χ1) is 10.0. The Bertz CT molecular complexity index is 478. The number of para-hydroxylation sites is 1. The molecular weight excluding hydrogens is 276 g/mol. The minimum atomic E-state index is -0.619. The van der Waals surface area contributed by atoms with Gasteiger partial charge in [0.15, 0.2) is 6.61 Å². The summed E-state index contributed by atoms with van der Waals surface area (Å²) >= 11 is 0. The number of rotatable bonds is 9. The fourth-order valence-corrected chi connectivity index (χ4v) is 1.64. The summed E-state index contributed by atoms with van der Waals surface area (Å²) in [6, 6.07) is 6.43. The quantitative estimate of drug-likeness (QED) is 0.578. The lowest BCUT2D eigenvalue weighted by Crippen LogP contribution is -2.32. The summed E-state index contributed by atoms with van der Waals surface area (Å²) in [6.07, 6.45) is -0.232. The van der Waals surface area contributed by atoms with E-state index in [1.165, 1.54) is 13.2 Å². The molecule has 0 radical (unpaired) electrons. The van der Waals surface area contributed by atoms with Crippen molar-refractivity contribution in [3.63, 3.8) is 0 Å². The summed E-state index contributed by atoms with van der Waals surface area (Å²) in [5.41, 5.74) is 5.43. The smallest absolute Gasteiger partial charge is 0.257 e. The molecule has 4 N–H and O–H groups in total. The fraction of sp³-hybridized carbons (Fsp3) is 0.429. The molecule has 1 atom stereocenters. The Hall–Kier alpha value is -2.12. The molecule has 0 aliphatic rings. The Labute approximate surface area is 123 Å². The number of methoxy groups -OCH3 is 1. The summed E-state index contributed by atoms with van der Waals surface area (Å²) in [6.45, 7) is 0.299. The second-order valence-electron chi connectivity index (χ2n) is 4.40. The maximum atomic E-state index is 11.6. The summed E-state index contributed by atoms with van der Waals surface area (Å²) in [5.74, 6) is -0.702. The van der Waals surface area contributed by atoms with Crippen LogP contribution >= 0.6 is 0 Å². The van der Waals surface area contributed by atoms with Crippen molar-refractivity contribution in [3.8, 4) is 5.75 Å². The van der Waals surface area contributed by atoms with E-state index in [0.717, 1.165) is 0 Å². The molecule has 1 rings (SSSR count). The average molecular weight is 296 g/mol. The lowest BCUT2D eigenvalue weighted by Gasteiger charge is -2.11. The number of primary amides is 1. The maximum Gasteiger partial charge on any atom is 0.257 e. The van der Waals surface area contributed by atoms with Gasteiger partial charge in [-0.1, -0.05) is 12.1 Å². The number of carbonyl (C=O) groups is 2. The number of carbonyl (C=O) groups excluding carboxylic acids is 2. The molecule has 1 aromatic rings. The van der Waals surface area contributed by atoms with Crippen LogP contribution in [-0.2, 0) is 9.53 Å². The van der Waals surface area contributed by atoms with Crippen molar-refractivity contribution >= 4 is 11.8 Å². The molecule has 0 heterocycles. The number of aliphatic hydroxyl groups excluding tert-OH is 1. The Morgan fingerprint density at radius 1 is 1.38 bits per heavy atom. The van der Waals surface area contributed by atoms with Crippen molar-refractivity contribution in [1.82, 2.24) is 5.32 Å². The van der Waals surface area contributed by atoms with Gasteiger partial charge < -0.3 is 25.6 Å². The van der Waals surface area contributed by atoms with E-state index < -0.39 is 12.0 Å². The van der Waals surface area contributed by atoms with E-state index in [0.29, 0.717) is 13.0 Å². The van der Waals surface area contributed by atoms with E-state index in [4.69, 9.17) is 15.2 Å². The van der Waals surface area contributed by atoms with Gasteiger partial charge in [0.05, 0.1) is 18.3 Å². The molecule has 2 amide bonds. The van der Waals surface area contributed by atoms with Gasteiger partial charge in [0.1, 0.15) is 5.75 Å². The van der Waals surface area contributed by atoms with Crippen LogP contribution in [0.2, 0.25) is 0 Å². The highest BCUT2D eigenvalue weighted by Crippen LogP contribution is 2.16. The largest absolute Gasteiger partial charge is 0.483 e. The van der Waals surface area contributed by atoms with Gasteiger partial charge in [0, 0.05) is 13.7 Å². The Morgan fingerprint density at radius 2 is 2.10 bits per heavy atom. The maximum absolute atomic E-state index is 11.6. The second kappa shape index (κ2) is 8.93. The molecule has 7 heteroatoms. The van der Waals surface area contributed by atoms with Gasteiger partial charge in [-0.25, -0.2) is 0 Å². The van der Waals surface area contributed by atoms with Crippen LogP contribution in [0.15, 0.2) is 24.3 Å². The number of amides is 2. The minimum Gasteiger partial charge on any atom is -0.483 e. The molecular formula is C14H20N2O5. The van der Waals surface area contributed by atoms with Crippen LogP contribution in [0, 0.1) is 0 Å². The van der Waals surface area contributed by atoms with Crippen LogP contribution in [0.3, 0.4) is 0 Å². The second-order valence-corrected chi connectivity index (χ2v) is 4.40. The van der Waals surface area contributed by atoms with Gasteiger partial charge >= 0.3 is 0 Å². The highest BCUT2D eigenvalue weighted by Gasteiger charge is 2.10. The third kappa shape index (κ3) is 6.24. The topological polar surface area (TPSA) is 111 Å². The average Bonchev–Trinajstić information content (AvgIpc) is 2.45. The first-order valence-electron chi connectivity index (χ1n) is 6.50. The SMILES string of the molecule is COCC(O)CCNC(=O)COc1ccccc1C(N)=O. The Balaban J connectivity index is 2.35. The molecule has 0 bridgehead atoms. The van der Waals surface area contributed by atoms with Gasteiger partial charge in [-0.15, -0.1) is 0 Å². The first-order valence-corrected chi connectivity index (χ1v) is 6.50. The van der Waals surface area contributed by atoms with E-state index in [-0.39, 0.29) is 30.4 Å². The molecule has 7 nitrogen and oxygen atoms in total. The molecule has 0 saturated heterocycles. The van der Waals surface area contributed by atoms with Crippen LogP contribution in [0.1, 0.15) is 16.8 Å². The number of nitrogens with two attached hydrogens (primary N) is 1. The van der Waals surface area contributed by atoms with E-state index in [1.807, 2.05) is 0 Å². The van der Waals surface area contributed by atoms with Gasteiger partial charge in [0.2, 0.25) is 0 Å². The van der Waals surface area contributed by atoms with E-state index in [1.54, 1.807) is 18.2 Å². The molecule has 116 valence electrons. The highest BCUT2D eigenvalue weighted by atomic mass is 16.5. The first kappa shape index (κ1) is 16.9. The standard InChI is InChI=1S/C14H20N2O5/c1-20-8-10(17)6-7-16-13(18)9-21-12-5-3-2-4-11(12)14(15)19/h2-5,10,17H,6-9H2,1H3,(H2,15,19)(H,16,18). The molecule has 0 fully saturated rings. The Morgan fingerprint density at radius 3 is 2.76 bits per heavy atom. The monoisotopic (exact) mass is 296 g/mol. The minimum absolute atomic E-state index is 0.221. The van der Waals surface area contributed by atoms with Crippen LogP contribution in [0.5, 0.6) is 5.75 Å². The normalized spacial score (nSPS) is 11.7. The van der Waals surface area contributed by atoms with Crippen molar-refractivity contribution in [2.45, 2.75) is 12.5 Å². The van der Waals surface area contributed by atoms with Crippen molar-refractivity contribution in [2.75, 3.05) is 26.9 Å². The Kier molecular flexibility index (Phi) is 7.20. The number of hydrogen-bond acceptors (Lipinski definition) is 5. The third-order valence-corrected chi connectivity index (χ3v) is 2.67. The zero-order valence-corrected chi connectivity index (χ0v) is 11.9. The van der Waals surface area contributed by atoms with E-state index in [2.05, 4.69) is 5.32 Å². The molecule has 0 spiro atoms. The van der Waals surface area contributed by atoms with Crippen LogP contribution < -0.4 is 15.8 Å². The van der Waals surface area contributed by atoms with Gasteiger partial charge in [0.25, 0.3) is 11.8 Å². The summed E-state index contributed by atoms with van der Waals surface area (Å²) in [5, 5.41) is 12.0. The fourth-order valence-electron chi connectivity index (χ4n) is 1.64. The number of hydrogen-bond donors (Lipinski definition) is 3. The number of benzene rings is 1. The van der Waals surface area contributed by atoms with Crippen LogP contribution in [-0.4, -0.2) is 49.9 Å². The zero-order valence-electron chi connectivity index (χ0n) is 11.9. The van der Waals surface area contributed by atoms with Crippen LogP contribution in [0.4, 0.5) is 0 Å². The van der Waals surface area contributed by atoms with Crippen LogP contribution in [0.25, 0.3) is 0 Å². The molecule has 1 aromatic carbocycles. The zero-order chi connectivity index (χ0) is 15.7. The molecule has 0 saturated carbocycles. The number of aliphatic hydroxyl groups is 1. The van der Waals surface area contributed by atoms with Crippen molar-refractivity contribution < 1.29 is 24.2 Å². The highest BCUT2D eigenvalue weighted by molar-refractivity contribution is 5.95. The van der Waals surface area contributed by atoms with E-state index >= 15 is 0 Å². The predicted molar refractivity (Wildman–Crippen MR) is 76.0 cm³/mol. The van der Waals surface area contributed by atoms with Gasteiger partial charge in [-0.2, -0.15) is 0 Å². The lowest BCUT2D eigenvalue weighted by molar-refractivity contribution is -0.123. The van der Waals surface area contributed by atoms with Crippen molar-refractivity contribution in [1.29, 1.82) is 0 Å². The molecule has 1 unspecified atom stereocenters. The molecule has 21 heavy (non-hydrogen) atoms. The summed E-state index contributed by atoms with van der Waals surface area (Å²) in [4.78, 5) is 22.7. The predicted octanol–water partition coefficient (Wildman–Crippen LogP) is -0.322. The third-order valence-electron chi connectivity index (χ3n) is 2.67. The van der Waals surface area contributed by atoms with Gasteiger partial charge in [-0.05, 0) is 18.6 Å². The summed E-state index contributed by atoms with van der Waals surface area (Å²) < 4.78 is 10.0. The summed E-state index contributed by atoms with van der Waals surface area (Å²) in [7, 11) is 1.49. The molecule has 0 aliphatic carbocycles.